The van der Waals surface area contributed by atoms with Crippen LogP contribution in [0.3, 0.4) is 0 Å². The van der Waals surface area contributed by atoms with E-state index in [0.29, 0.717) is 6.42 Å². The zero-order chi connectivity index (χ0) is 17.9. The van der Waals surface area contributed by atoms with Crippen molar-refractivity contribution in [1.82, 2.24) is 19.7 Å². The van der Waals surface area contributed by atoms with Crippen molar-refractivity contribution in [1.29, 1.82) is 0 Å². The van der Waals surface area contributed by atoms with Crippen LogP contribution in [-0.4, -0.2) is 25.7 Å². The molecular formula is C20H19N5O. The average Bonchev–Trinajstić information content (AvgIpc) is 3.32. The van der Waals surface area contributed by atoms with E-state index in [1.165, 1.54) is 0 Å². The van der Waals surface area contributed by atoms with E-state index in [-0.39, 0.29) is 11.9 Å². The van der Waals surface area contributed by atoms with Gasteiger partial charge in [-0.1, -0.05) is 12.1 Å². The van der Waals surface area contributed by atoms with Crippen molar-refractivity contribution < 1.29 is 4.79 Å². The van der Waals surface area contributed by atoms with Gasteiger partial charge in [-0.25, -0.2) is 4.98 Å². The van der Waals surface area contributed by atoms with Gasteiger partial charge < -0.3 is 10.3 Å². The molecule has 6 heteroatoms. The van der Waals surface area contributed by atoms with Gasteiger partial charge in [0.05, 0.1) is 17.1 Å². The van der Waals surface area contributed by atoms with Gasteiger partial charge >= 0.3 is 0 Å². The molecule has 0 aliphatic rings. The number of aromatic amines is 1. The largest absolute Gasteiger partial charge is 0.338 e. The molecule has 4 rings (SSSR count). The second kappa shape index (κ2) is 6.84. The Balaban J connectivity index is 1.43. The van der Waals surface area contributed by atoms with Crippen molar-refractivity contribution in [3.05, 3.63) is 67.0 Å². The number of carbonyl (C=O) groups is 1. The van der Waals surface area contributed by atoms with Crippen LogP contribution in [0.2, 0.25) is 0 Å². The fourth-order valence-electron chi connectivity index (χ4n) is 2.92. The van der Waals surface area contributed by atoms with Gasteiger partial charge in [0.2, 0.25) is 5.91 Å². The SMILES string of the molecule is C[C@@H](CC(=O)Nc1ccc(-c2nc3ccccc3[nH]2)cc1)n1cccn1. The fourth-order valence-corrected chi connectivity index (χ4v) is 2.92. The summed E-state index contributed by atoms with van der Waals surface area (Å²) >= 11 is 0. The topological polar surface area (TPSA) is 75.6 Å². The van der Waals surface area contributed by atoms with E-state index in [4.69, 9.17) is 0 Å². The monoisotopic (exact) mass is 345 g/mol. The van der Waals surface area contributed by atoms with Crippen LogP contribution in [-0.2, 0) is 4.79 Å². The van der Waals surface area contributed by atoms with Crippen LogP contribution in [0.25, 0.3) is 22.4 Å². The van der Waals surface area contributed by atoms with E-state index in [1.807, 2.05) is 67.7 Å². The Labute approximate surface area is 150 Å². The summed E-state index contributed by atoms with van der Waals surface area (Å²) in [4.78, 5) is 20.1. The van der Waals surface area contributed by atoms with Crippen molar-refractivity contribution in [3.8, 4) is 11.4 Å². The molecule has 0 saturated heterocycles. The van der Waals surface area contributed by atoms with Gasteiger partial charge in [-0.05, 0) is 49.4 Å². The van der Waals surface area contributed by atoms with Crippen LogP contribution >= 0.6 is 0 Å². The summed E-state index contributed by atoms with van der Waals surface area (Å²) in [6.07, 6.45) is 3.94. The van der Waals surface area contributed by atoms with Crippen LogP contribution < -0.4 is 5.32 Å². The van der Waals surface area contributed by atoms with Crippen LogP contribution in [0.4, 0.5) is 5.69 Å². The second-order valence-electron chi connectivity index (χ2n) is 6.27. The molecule has 2 aromatic carbocycles. The quantitative estimate of drug-likeness (QED) is 0.574. The summed E-state index contributed by atoms with van der Waals surface area (Å²) in [7, 11) is 0. The molecule has 0 radical (unpaired) electrons. The maximum atomic E-state index is 12.2. The molecule has 1 atom stereocenters. The molecule has 2 heterocycles. The molecule has 0 bridgehead atoms. The fraction of sp³-hybridized carbons (Fsp3) is 0.150. The minimum Gasteiger partial charge on any atom is -0.338 e. The summed E-state index contributed by atoms with van der Waals surface area (Å²) in [5.41, 5.74) is 3.69. The Hall–Kier alpha value is -3.41. The zero-order valence-corrected chi connectivity index (χ0v) is 14.4. The van der Waals surface area contributed by atoms with E-state index in [2.05, 4.69) is 20.4 Å². The Morgan fingerprint density at radius 1 is 1.15 bits per heavy atom. The maximum Gasteiger partial charge on any atom is 0.226 e. The van der Waals surface area contributed by atoms with E-state index in [1.54, 1.807) is 10.9 Å². The number of para-hydroxylation sites is 2. The van der Waals surface area contributed by atoms with Crippen LogP contribution in [0, 0.1) is 0 Å². The van der Waals surface area contributed by atoms with Gasteiger partial charge in [-0.2, -0.15) is 5.10 Å². The Bertz CT molecular complexity index is 985. The lowest BCUT2D eigenvalue weighted by Gasteiger charge is -2.12. The van der Waals surface area contributed by atoms with Crippen LogP contribution in [0.1, 0.15) is 19.4 Å². The summed E-state index contributed by atoms with van der Waals surface area (Å²) in [6, 6.07) is 17.5. The molecule has 0 unspecified atom stereocenters. The highest BCUT2D eigenvalue weighted by Crippen LogP contribution is 2.22. The first-order chi connectivity index (χ1) is 12.7. The highest BCUT2D eigenvalue weighted by Gasteiger charge is 2.11. The number of nitrogens with one attached hydrogen (secondary N) is 2. The maximum absolute atomic E-state index is 12.2. The molecule has 0 aliphatic heterocycles. The molecule has 2 N–H and O–H groups in total. The van der Waals surface area contributed by atoms with Crippen LogP contribution in [0.15, 0.2) is 67.0 Å². The highest BCUT2D eigenvalue weighted by molar-refractivity contribution is 5.91. The number of hydrogen-bond donors (Lipinski definition) is 2. The molecule has 2 aromatic heterocycles. The lowest BCUT2D eigenvalue weighted by Crippen LogP contribution is -2.17. The number of fused-ring (bicyclic) bond motifs is 1. The molecule has 1 amide bonds. The lowest BCUT2D eigenvalue weighted by atomic mass is 10.2. The number of benzene rings is 2. The predicted octanol–water partition coefficient (Wildman–Crippen LogP) is 4.02. The number of imidazole rings is 1. The molecule has 0 aliphatic carbocycles. The molecule has 0 saturated carbocycles. The number of aromatic nitrogens is 4. The van der Waals surface area contributed by atoms with E-state index in [0.717, 1.165) is 28.1 Å². The number of H-pyrrole nitrogens is 1. The number of anilines is 1. The third kappa shape index (κ3) is 3.35. The van der Waals surface area contributed by atoms with E-state index >= 15 is 0 Å². The molecule has 26 heavy (non-hydrogen) atoms. The molecule has 0 fully saturated rings. The number of rotatable bonds is 5. The number of hydrogen-bond acceptors (Lipinski definition) is 3. The molecule has 4 aromatic rings. The van der Waals surface area contributed by atoms with E-state index < -0.39 is 0 Å². The number of amides is 1. The van der Waals surface area contributed by atoms with Crippen molar-refractivity contribution in [2.24, 2.45) is 0 Å². The van der Waals surface area contributed by atoms with Gasteiger partial charge in [0.15, 0.2) is 0 Å². The molecule has 0 spiro atoms. The van der Waals surface area contributed by atoms with Crippen LogP contribution in [0.5, 0.6) is 0 Å². The Kier molecular flexibility index (Phi) is 4.23. The summed E-state index contributed by atoms with van der Waals surface area (Å²) < 4.78 is 1.78. The third-order valence-electron chi connectivity index (χ3n) is 4.29. The summed E-state index contributed by atoms with van der Waals surface area (Å²) in [6.45, 7) is 1.97. The lowest BCUT2D eigenvalue weighted by molar-refractivity contribution is -0.116. The average molecular weight is 345 g/mol. The van der Waals surface area contributed by atoms with E-state index in [9.17, 15) is 4.79 Å². The van der Waals surface area contributed by atoms with Gasteiger partial charge in [0.25, 0.3) is 0 Å². The Morgan fingerprint density at radius 3 is 2.69 bits per heavy atom. The van der Waals surface area contributed by atoms with Crippen molar-refractivity contribution >= 4 is 22.6 Å². The van der Waals surface area contributed by atoms with Gasteiger partial charge in [0, 0.05) is 30.1 Å². The van der Waals surface area contributed by atoms with Gasteiger partial charge in [0.1, 0.15) is 5.82 Å². The number of carbonyl (C=O) groups excluding carboxylic acids is 1. The smallest absolute Gasteiger partial charge is 0.226 e. The van der Waals surface area contributed by atoms with Crippen molar-refractivity contribution in [3.63, 3.8) is 0 Å². The number of nitrogens with zero attached hydrogens (tertiary/aromatic N) is 3. The first-order valence-corrected chi connectivity index (χ1v) is 8.53. The first kappa shape index (κ1) is 16.1. The zero-order valence-electron chi connectivity index (χ0n) is 14.4. The summed E-state index contributed by atoms with van der Waals surface area (Å²) in [5, 5.41) is 7.09. The normalized spacial score (nSPS) is 12.2. The van der Waals surface area contributed by atoms with Crippen molar-refractivity contribution in [2.75, 3.05) is 5.32 Å². The third-order valence-corrected chi connectivity index (χ3v) is 4.29. The Morgan fingerprint density at radius 2 is 1.96 bits per heavy atom. The predicted molar refractivity (Wildman–Crippen MR) is 102 cm³/mol. The molecule has 6 nitrogen and oxygen atoms in total. The van der Waals surface area contributed by atoms with Gasteiger partial charge in [-0.3, -0.25) is 9.48 Å². The minimum atomic E-state index is -0.0375. The minimum absolute atomic E-state index is 0.0137. The van der Waals surface area contributed by atoms with Crippen molar-refractivity contribution in [2.45, 2.75) is 19.4 Å². The summed E-state index contributed by atoms with van der Waals surface area (Å²) in [5.74, 6) is 0.779. The highest BCUT2D eigenvalue weighted by atomic mass is 16.1. The standard InChI is InChI=1S/C20H19N5O/c1-14(25-12-4-11-21-25)13-19(26)22-16-9-7-15(8-10-16)20-23-17-5-2-3-6-18(17)24-20/h2-12,14H,13H2,1H3,(H,22,26)(H,23,24)/t14-/m0/s1. The molecular weight excluding hydrogens is 326 g/mol. The molecule has 130 valence electrons. The second-order valence-corrected chi connectivity index (χ2v) is 6.27. The first-order valence-electron chi connectivity index (χ1n) is 8.53. The van der Waals surface area contributed by atoms with Gasteiger partial charge in [-0.15, -0.1) is 0 Å².